The smallest absolute Gasteiger partial charge is 0.211 e. The Morgan fingerprint density at radius 3 is 2.90 bits per heavy atom. The molecule has 0 aliphatic carbocycles. The van der Waals surface area contributed by atoms with Crippen LogP contribution in [0.1, 0.15) is 13.9 Å². The highest BCUT2D eigenvalue weighted by Crippen LogP contribution is 2.23. The van der Waals surface area contributed by atoms with Gasteiger partial charge < -0.3 is 5.32 Å². The van der Waals surface area contributed by atoms with Crippen LogP contribution in [-0.2, 0) is 11.2 Å². The van der Waals surface area contributed by atoms with Gasteiger partial charge in [-0.15, -0.1) is 0 Å². The van der Waals surface area contributed by atoms with Crippen molar-refractivity contribution in [2.75, 3.05) is 5.32 Å². The van der Waals surface area contributed by atoms with Gasteiger partial charge in [0, 0.05) is 16.6 Å². The van der Waals surface area contributed by atoms with Crippen LogP contribution in [0.3, 0.4) is 0 Å². The Hall–Kier alpha value is -2.68. The van der Waals surface area contributed by atoms with Gasteiger partial charge in [0.15, 0.2) is 0 Å². The lowest BCUT2D eigenvalue weighted by Crippen LogP contribution is -1.93. The van der Waals surface area contributed by atoms with Gasteiger partial charge in [0.1, 0.15) is 1.37 Å². The molecule has 2 aromatic carbocycles. The van der Waals surface area contributed by atoms with Crippen molar-refractivity contribution in [2.24, 2.45) is 0 Å². The quantitative estimate of drug-likeness (QED) is 0.735. The Morgan fingerprint density at radius 1 is 1.19 bits per heavy atom. The van der Waals surface area contributed by atoms with Crippen molar-refractivity contribution >= 4 is 23.0 Å². The third kappa shape index (κ3) is 2.77. The van der Waals surface area contributed by atoms with Crippen molar-refractivity contribution < 1.29 is 6.17 Å². The second-order valence-electron chi connectivity index (χ2n) is 4.88. The first-order valence-corrected chi connectivity index (χ1v) is 6.93. The molecule has 0 saturated carbocycles. The van der Waals surface area contributed by atoms with Crippen LogP contribution in [0.4, 0.5) is 5.69 Å². The van der Waals surface area contributed by atoms with E-state index in [1.807, 2.05) is 30.3 Å². The monoisotopic (exact) mass is 278 g/mol. The standard InChI is InChI=1S/C18H16N2O/c1-2-13-4-3-5-14(10-13)17-8-6-15-11-16(19-12-21)7-9-18(15)20-17/h3-12H,2H2,1H3,(H,19,21)/i12T. The Bertz CT molecular complexity index is 845. The van der Waals surface area contributed by atoms with Gasteiger partial charge in [-0.05, 0) is 42.3 Å². The highest BCUT2D eigenvalue weighted by Gasteiger charge is 2.03. The van der Waals surface area contributed by atoms with Crippen LogP contribution >= 0.6 is 0 Å². The SMILES string of the molecule is [3H]C(=O)Nc1ccc2nc(-c3cccc(CC)c3)ccc2c1. The Balaban J connectivity index is 2.00. The number of anilines is 1. The first-order chi connectivity index (χ1) is 10.7. The molecule has 0 fully saturated rings. The topological polar surface area (TPSA) is 42.0 Å². The molecule has 0 spiro atoms. The predicted molar refractivity (Wildman–Crippen MR) is 86.2 cm³/mol. The number of hydrogen-bond donors (Lipinski definition) is 1. The van der Waals surface area contributed by atoms with Crippen molar-refractivity contribution in [3.8, 4) is 11.3 Å². The number of nitrogens with zero attached hydrogens (tertiary/aromatic N) is 1. The maximum atomic E-state index is 10.8. The minimum Gasteiger partial charge on any atom is -0.329 e. The fourth-order valence-corrected chi connectivity index (χ4v) is 2.37. The molecule has 1 N–H and O–H groups in total. The molecule has 0 aliphatic heterocycles. The average molecular weight is 278 g/mol. The summed E-state index contributed by atoms with van der Waals surface area (Å²) in [4.78, 5) is 15.5. The van der Waals surface area contributed by atoms with Crippen LogP contribution in [0.5, 0.6) is 0 Å². The van der Waals surface area contributed by atoms with E-state index < -0.39 is 6.39 Å². The lowest BCUT2D eigenvalue weighted by molar-refractivity contribution is -0.105. The largest absolute Gasteiger partial charge is 0.329 e. The summed E-state index contributed by atoms with van der Waals surface area (Å²) in [7, 11) is 0. The van der Waals surface area contributed by atoms with Crippen LogP contribution in [0.15, 0.2) is 54.6 Å². The Kier molecular flexibility index (Phi) is 3.31. The molecule has 21 heavy (non-hydrogen) atoms. The molecule has 1 aromatic heterocycles. The van der Waals surface area contributed by atoms with Crippen molar-refractivity contribution in [1.82, 2.24) is 4.98 Å². The fourth-order valence-electron chi connectivity index (χ4n) is 2.37. The van der Waals surface area contributed by atoms with E-state index in [-0.39, 0.29) is 0 Å². The van der Waals surface area contributed by atoms with Gasteiger partial charge >= 0.3 is 0 Å². The summed E-state index contributed by atoms with van der Waals surface area (Å²) in [6.45, 7) is 2.13. The molecule has 104 valence electrons. The number of pyridine rings is 1. The lowest BCUT2D eigenvalue weighted by atomic mass is 10.0. The summed E-state index contributed by atoms with van der Waals surface area (Å²) >= 11 is 0. The number of benzene rings is 2. The van der Waals surface area contributed by atoms with Crippen LogP contribution in [0.25, 0.3) is 22.2 Å². The summed E-state index contributed by atoms with van der Waals surface area (Å²) in [6, 6.07) is 17.8. The molecule has 0 bridgehead atoms. The van der Waals surface area contributed by atoms with Crippen molar-refractivity contribution in [2.45, 2.75) is 13.3 Å². The van der Waals surface area contributed by atoms with Gasteiger partial charge in [-0.2, -0.15) is 0 Å². The zero-order chi connectivity index (χ0) is 15.5. The minimum atomic E-state index is -0.819. The van der Waals surface area contributed by atoms with E-state index in [2.05, 4.69) is 35.4 Å². The molecule has 0 saturated heterocycles. The summed E-state index contributed by atoms with van der Waals surface area (Å²) in [6.07, 6.45) is 0.178. The zero-order valence-electron chi connectivity index (χ0n) is 12.8. The summed E-state index contributed by atoms with van der Waals surface area (Å²) in [5.74, 6) is 0. The normalized spacial score (nSPS) is 11.2. The van der Waals surface area contributed by atoms with Gasteiger partial charge in [-0.25, -0.2) is 4.98 Å². The first-order valence-electron chi connectivity index (χ1n) is 7.43. The molecule has 0 unspecified atom stereocenters. The maximum Gasteiger partial charge on any atom is 0.211 e. The van der Waals surface area contributed by atoms with E-state index in [1.54, 1.807) is 6.07 Å². The van der Waals surface area contributed by atoms with Crippen LogP contribution in [-0.4, -0.2) is 11.4 Å². The molecular formula is C18H16N2O. The molecule has 0 radical (unpaired) electrons. The van der Waals surface area contributed by atoms with Crippen LogP contribution < -0.4 is 5.32 Å². The van der Waals surface area contributed by atoms with Gasteiger partial charge in [-0.1, -0.05) is 31.2 Å². The number of hydrogen-bond acceptors (Lipinski definition) is 2. The van der Waals surface area contributed by atoms with Gasteiger partial charge in [0.2, 0.25) is 6.39 Å². The zero-order valence-corrected chi connectivity index (χ0v) is 11.8. The molecule has 0 atom stereocenters. The number of carbonyl (C=O) groups excluding carboxylic acids is 1. The number of carbonyl (C=O) groups is 1. The van der Waals surface area contributed by atoms with Gasteiger partial charge in [0.25, 0.3) is 0 Å². The van der Waals surface area contributed by atoms with E-state index >= 15 is 0 Å². The van der Waals surface area contributed by atoms with E-state index in [4.69, 9.17) is 1.37 Å². The Labute approximate surface area is 125 Å². The molecule has 3 heteroatoms. The number of rotatable bonds is 3. The van der Waals surface area contributed by atoms with Crippen molar-refractivity contribution in [3.05, 3.63) is 60.2 Å². The fraction of sp³-hybridized carbons (Fsp3) is 0.111. The maximum absolute atomic E-state index is 10.8. The van der Waals surface area contributed by atoms with E-state index in [0.717, 1.165) is 28.6 Å². The average Bonchev–Trinajstić information content (AvgIpc) is 2.54. The van der Waals surface area contributed by atoms with Gasteiger partial charge in [-0.3, -0.25) is 4.79 Å². The van der Waals surface area contributed by atoms with Crippen molar-refractivity contribution in [3.63, 3.8) is 0 Å². The van der Waals surface area contributed by atoms with Crippen LogP contribution in [0.2, 0.25) is 0 Å². The number of aromatic nitrogens is 1. The summed E-state index contributed by atoms with van der Waals surface area (Å²) in [5.41, 5.74) is 4.79. The van der Waals surface area contributed by atoms with Gasteiger partial charge in [0.05, 0.1) is 11.2 Å². The summed E-state index contributed by atoms with van der Waals surface area (Å²) < 4.78 is 6.94. The highest BCUT2D eigenvalue weighted by molar-refractivity contribution is 5.87. The van der Waals surface area contributed by atoms with E-state index in [1.165, 1.54) is 5.56 Å². The molecule has 1 amide bonds. The second kappa shape index (κ2) is 5.75. The molecule has 1 heterocycles. The van der Waals surface area contributed by atoms with Crippen LogP contribution in [0, 0.1) is 0 Å². The van der Waals surface area contributed by atoms with E-state index in [9.17, 15) is 4.79 Å². The molecule has 0 aliphatic rings. The number of nitrogens with one attached hydrogen (secondary N) is 1. The summed E-state index contributed by atoms with van der Waals surface area (Å²) in [5, 5.41) is 3.39. The molecule has 3 rings (SSSR count). The number of aryl methyl sites for hydroxylation is 1. The number of fused-ring (bicyclic) bond motifs is 1. The minimum absolute atomic E-state index is 0.607. The van der Waals surface area contributed by atoms with E-state index in [0.29, 0.717) is 5.69 Å². The third-order valence-electron chi connectivity index (χ3n) is 3.52. The Morgan fingerprint density at radius 2 is 2.10 bits per heavy atom. The molecule has 3 nitrogen and oxygen atoms in total. The highest BCUT2D eigenvalue weighted by atomic mass is 16.1. The number of amides is 1. The second-order valence-corrected chi connectivity index (χ2v) is 4.88. The molecular weight excluding hydrogens is 260 g/mol. The first kappa shape index (κ1) is 12.1. The third-order valence-corrected chi connectivity index (χ3v) is 3.52. The van der Waals surface area contributed by atoms with Crippen molar-refractivity contribution in [1.29, 1.82) is 0 Å². The lowest BCUT2D eigenvalue weighted by Gasteiger charge is -2.06. The predicted octanol–water partition coefficient (Wildman–Crippen LogP) is 4.03. The molecule has 3 aromatic rings.